The lowest BCUT2D eigenvalue weighted by Gasteiger charge is -2.22. The van der Waals surface area contributed by atoms with Crippen molar-refractivity contribution in [2.75, 3.05) is 0 Å². The van der Waals surface area contributed by atoms with Crippen molar-refractivity contribution in [2.24, 2.45) is 0 Å². The molecule has 0 spiro atoms. The molecule has 1 saturated carbocycles. The number of fused-ring (bicyclic) bond motifs is 3. The second kappa shape index (κ2) is 7.36. The van der Waals surface area contributed by atoms with Gasteiger partial charge < -0.3 is 14.3 Å². The summed E-state index contributed by atoms with van der Waals surface area (Å²) in [4.78, 5) is 25.1. The number of benzene rings is 1. The molecule has 2 heterocycles. The topological polar surface area (TPSA) is 55.5 Å². The highest BCUT2D eigenvalue weighted by Gasteiger charge is 2.16. The first kappa shape index (κ1) is 16.9. The molecule has 26 heavy (non-hydrogen) atoms. The van der Waals surface area contributed by atoms with Crippen molar-refractivity contribution in [3.05, 3.63) is 52.9 Å². The second-order valence-corrected chi connectivity index (χ2v) is 7.21. The van der Waals surface area contributed by atoms with Crippen LogP contribution in [-0.4, -0.2) is 20.9 Å². The fraction of sp³-hybridized carbons (Fsp3) is 0.429. The van der Waals surface area contributed by atoms with Crippen LogP contribution < -0.4 is 10.9 Å². The van der Waals surface area contributed by atoms with Gasteiger partial charge in [-0.25, -0.2) is 0 Å². The molecule has 1 aliphatic rings. The zero-order chi connectivity index (χ0) is 17.9. The van der Waals surface area contributed by atoms with E-state index in [-0.39, 0.29) is 11.5 Å². The predicted octanol–water partition coefficient (Wildman–Crippen LogP) is 3.48. The Balaban J connectivity index is 1.49. The summed E-state index contributed by atoms with van der Waals surface area (Å²) in [7, 11) is 0. The van der Waals surface area contributed by atoms with Crippen molar-refractivity contribution >= 4 is 22.5 Å². The van der Waals surface area contributed by atoms with Crippen LogP contribution in [0.2, 0.25) is 0 Å². The van der Waals surface area contributed by atoms with Gasteiger partial charge in [0.15, 0.2) is 0 Å². The van der Waals surface area contributed by atoms with E-state index in [9.17, 15) is 9.59 Å². The van der Waals surface area contributed by atoms with E-state index in [0.29, 0.717) is 30.9 Å². The van der Waals surface area contributed by atoms with Gasteiger partial charge in [0, 0.05) is 25.2 Å². The molecule has 0 radical (unpaired) electrons. The Hall–Kier alpha value is -2.56. The smallest absolute Gasteiger partial charge is 0.275 e. The number of rotatable bonds is 5. The van der Waals surface area contributed by atoms with E-state index >= 15 is 0 Å². The minimum Gasteiger partial charge on any atom is -0.353 e. The number of hydrogen-bond donors (Lipinski definition) is 1. The average Bonchev–Trinajstić information content (AvgIpc) is 3.15. The monoisotopic (exact) mass is 351 g/mol. The molecule has 1 fully saturated rings. The average molecular weight is 351 g/mol. The summed E-state index contributed by atoms with van der Waals surface area (Å²) in [5.41, 5.74) is 2.60. The van der Waals surface area contributed by atoms with Crippen molar-refractivity contribution < 1.29 is 4.79 Å². The van der Waals surface area contributed by atoms with Gasteiger partial charge in [-0.3, -0.25) is 9.59 Å². The fourth-order valence-corrected chi connectivity index (χ4v) is 4.08. The van der Waals surface area contributed by atoms with Crippen LogP contribution in [0.25, 0.3) is 16.6 Å². The number of carbonyl (C=O) groups excluding carboxylic acids is 1. The maximum Gasteiger partial charge on any atom is 0.275 e. The molecule has 1 aromatic carbocycles. The third kappa shape index (κ3) is 3.26. The first-order valence-corrected chi connectivity index (χ1v) is 9.62. The summed E-state index contributed by atoms with van der Waals surface area (Å²) in [5, 5.41) is 3.15. The number of amides is 1. The highest BCUT2D eigenvalue weighted by Crippen LogP contribution is 2.18. The minimum atomic E-state index is 0.00129. The number of hydrogen-bond acceptors (Lipinski definition) is 2. The molecular formula is C21H25N3O2. The summed E-state index contributed by atoms with van der Waals surface area (Å²) in [6, 6.07) is 12.0. The van der Waals surface area contributed by atoms with Crippen LogP contribution in [0.3, 0.4) is 0 Å². The molecule has 0 bridgehead atoms. The van der Waals surface area contributed by atoms with Crippen molar-refractivity contribution in [1.82, 2.24) is 14.3 Å². The highest BCUT2D eigenvalue weighted by atomic mass is 16.1. The van der Waals surface area contributed by atoms with Crippen molar-refractivity contribution in [3.8, 4) is 0 Å². The highest BCUT2D eigenvalue weighted by molar-refractivity contribution is 5.79. The molecule has 1 N–H and O–H groups in total. The lowest BCUT2D eigenvalue weighted by Crippen LogP contribution is -2.36. The van der Waals surface area contributed by atoms with Crippen LogP contribution in [0.15, 0.2) is 47.4 Å². The van der Waals surface area contributed by atoms with Gasteiger partial charge in [0.2, 0.25) is 5.91 Å². The Morgan fingerprint density at radius 3 is 2.54 bits per heavy atom. The Labute approximate surface area is 152 Å². The van der Waals surface area contributed by atoms with Gasteiger partial charge in [0.05, 0.1) is 11.0 Å². The second-order valence-electron chi connectivity index (χ2n) is 7.21. The quantitative estimate of drug-likeness (QED) is 0.765. The number of carbonyl (C=O) groups is 1. The first-order chi connectivity index (χ1) is 12.7. The third-order valence-electron chi connectivity index (χ3n) is 5.40. The normalized spacial score (nSPS) is 15.5. The minimum absolute atomic E-state index is 0.00129. The molecule has 3 aromatic rings. The lowest BCUT2D eigenvalue weighted by molar-refractivity contribution is -0.122. The SMILES string of the molecule is O=C(CCCn1c(=O)c2cccn2c2ccccc21)NC1CCCCC1. The molecule has 0 atom stereocenters. The molecule has 5 heteroatoms. The van der Waals surface area contributed by atoms with Crippen molar-refractivity contribution in [1.29, 1.82) is 0 Å². The van der Waals surface area contributed by atoms with Crippen LogP contribution in [0.1, 0.15) is 44.9 Å². The summed E-state index contributed by atoms with van der Waals surface area (Å²) in [5.74, 6) is 0.109. The Morgan fingerprint density at radius 1 is 1.00 bits per heavy atom. The van der Waals surface area contributed by atoms with Crippen LogP contribution in [-0.2, 0) is 11.3 Å². The molecule has 0 unspecified atom stereocenters. The maximum absolute atomic E-state index is 12.8. The van der Waals surface area contributed by atoms with Crippen molar-refractivity contribution in [3.63, 3.8) is 0 Å². The largest absolute Gasteiger partial charge is 0.353 e. The standard InChI is InChI=1S/C21H25N3O2/c25-20(22-16-8-2-1-3-9-16)13-7-15-24-18-11-5-4-10-17(18)23-14-6-12-19(23)21(24)26/h4-6,10-12,14,16H,1-3,7-9,13,15H2,(H,22,25). The van der Waals surface area contributed by atoms with E-state index < -0.39 is 0 Å². The van der Waals surface area contributed by atoms with Gasteiger partial charge in [0.1, 0.15) is 5.52 Å². The Bertz CT molecular complexity index is 980. The number of aryl methyl sites for hydroxylation is 1. The predicted molar refractivity (Wildman–Crippen MR) is 103 cm³/mol. The molecular weight excluding hydrogens is 326 g/mol. The molecule has 4 rings (SSSR count). The van der Waals surface area contributed by atoms with Crippen LogP contribution >= 0.6 is 0 Å². The van der Waals surface area contributed by atoms with Gasteiger partial charge in [-0.15, -0.1) is 0 Å². The van der Waals surface area contributed by atoms with E-state index in [1.807, 2.05) is 47.0 Å². The molecule has 136 valence electrons. The third-order valence-corrected chi connectivity index (χ3v) is 5.40. The van der Waals surface area contributed by atoms with E-state index in [4.69, 9.17) is 0 Å². The maximum atomic E-state index is 12.8. The molecule has 1 amide bonds. The van der Waals surface area contributed by atoms with Gasteiger partial charge in [-0.05, 0) is 43.5 Å². The molecule has 2 aromatic heterocycles. The van der Waals surface area contributed by atoms with Gasteiger partial charge in [-0.2, -0.15) is 0 Å². The molecule has 0 saturated heterocycles. The Kier molecular flexibility index (Phi) is 4.78. The van der Waals surface area contributed by atoms with Crippen LogP contribution in [0.5, 0.6) is 0 Å². The first-order valence-electron chi connectivity index (χ1n) is 9.62. The number of aromatic nitrogens is 2. The van der Waals surface area contributed by atoms with Gasteiger partial charge in [0.25, 0.3) is 5.56 Å². The van der Waals surface area contributed by atoms with Gasteiger partial charge in [-0.1, -0.05) is 31.4 Å². The lowest BCUT2D eigenvalue weighted by atomic mass is 9.95. The fourth-order valence-electron chi connectivity index (χ4n) is 4.08. The molecule has 1 aliphatic carbocycles. The zero-order valence-electron chi connectivity index (χ0n) is 15.0. The van der Waals surface area contributed by atoms with E-state index in [2.05, 4.69) is 5.32 Å². The molecule has 5 nitrogen and oxygen atoms in total. The van der Waals surface area contributed by atoms with E-state index in [1.165, 1.54) is 19.3 Å². The van der Waals surface area contributed by atoms with Crippen LogP contribution in [0, 0.1) is 0 Å². The van der Waals surface area contributed by atoms with E-state index in [1.54, 1.807) is 4.57 Å². The number of nitrogens with zero attached hydrogens (tertiary/aromatic N) is 2. The van der Waals surface area contributed by atoms with E-state index in [0.717, 1.165) is 23.9 Å². The van der Waals surface area contributed by atoms with Crippen LogP contribution in [0.4, 0.5) is 0 Å². The van der Waals surface area contributed by atoms with Gasteiger partial charge >= 0.3 is 0 Å². The molecule has 0 aliphatic heterocycles. The summed E-state index contributed by atoms with van der Waals surface area (Å²) < 4.78 is 3.74. The summed E-state index contributed by atoms with van der Waals surface area (Å²) in [6.07, 6.45) is 8.95. The zero-order valence-corrected chi connectivity index (χ0v) is 15.0. The summed E-state index contributed by atoms with van der Waals surface area (Å²) in [6.45, 7) is 0.555. The number of nitrogens with one attached hydrogen (secondary N) is 1. The Morgan fingerprint density at radius 2 is 1.73 bits per heavy atom. The number of para-hydroxylation sites is 2. The summed E-state index contributed by atoms with van der Waals surface area (Å²) >= 11 is 0. The van der Waals surface area contributed by atoms with Crippen molar-refractivity contribution in [2.45, 2.75) is 57.5 Å².